The molecule has 2 aliphatic rings. The fourth-order valence-electron chi connectivity index (χ4n) is 2.21. The van der Waals surface area contributed by atoms with Crippen molar-refractivity contribution in [3.05, 3.63) is 11.1 Å². The first-order valence-electron chi connectivity index (χ1n) is 4.60. The molecule has 2 atom stereocenters. The second-order valence-corrected chi connectivity index (χ2v) is 4.05. The summed E-state index contributed by atoms with van der Waals surface area (Å²) in [5, 5.41) is 9.50. The number of aliphatic hydroxyl groups excluding tert-OH is 1. The van der Waals surface area contributed by atoms with Crippen molar-refractivity contribution in [1.29, 1.82) is 0 Å². The van der Waals surface area contributed by atoms with Gasteiger partial charge in [0.05, 0.1) is 5.41 Å². The second-order valence-electron chi connectivity index (χ2n) is 4.05. The van der Waals surface area contributed by atoms with E-state index >= 15 is 0 Å². The minimum Gasteiger partial charge on any atom is -0.431 e. The molecule has 76 valence electrons. The predicted octanol–water partition coefficient (Wildman–Crippen LogP) is 0.547. The maximum absolute atomic E-state index is 11.5. The summed E-state index contributed by atoms with van der Waals surface area (Å²) in [6.45, 7) is 3.36. The van der Waals surface area contributed by atoms with Crippen LogP contribution in [0.5, 0.6) is 0 Å². The fourth-order valence-corrected chi connectivity index (χ4v) is 2.21. The van der Waals surface area contributed by atoms with E-state index in [2.05, 4.69) is 0 Å². The summed E-state index contributed by atoms with van der Waals surface area (Å²) in [5.74, 6) is -0.429. The van der Waals surface area contributed by atoms with Crippen LogP contribution in [0.3, 0.4) is 0 Å². The Morgan fingerprint density at radius 1 is 1.50 bits per heavy atom. The van der Waals surface area contributed by atoms with Gasteiger partial charge in [0.1, 0.15) is 0 Å². The summed E-state index contributed by atoms with van der Waals surface area (Å²) < 4.78 is 4.74. The molecule has 1 unspecified atom stereocenters. The highest BCUT2D eigenvalue weighted by atomic mass is 16.6. The molecule has 1 aliphatic carbocycles. The molecule has 1 aliphatic heterocycles. The number of hydrogen-bond acceptors (Lipinski definition) is 4. The van der Waals surface area contributed by atoms with Gasteiger partial charge in [-0.25, -0.2) is 0 Å². The van der Waals surface area contributed by atoms with Crippen LogP contribution < -0.4 is 0 Å². The molecular weight excluding hydrogens is 184 g/mol. The van der Waals surface area contributed by atoms with Gasteiger partial charge in [-0.05, 0) is 25.8 Å². The molecule has 0 aromatic heterocycles. The van der Waals surface area contributed by atoms with Crippen LogP contribution in [0.2, 0.25) is 0 Å². The average molecular weight is 196 g/mol. The fraction of sp³-hybridized carbons (Fsp3) is 0.600. The number of hydrogen-bond donors (Lipinski definition) is 1. The Bertz CT molecular complexity index is 355. The molecule has 0 aromatic rings. The Kier molecular flexibility index (Phi) is 1.79. The van der Waals surface area contributed by atoms with Gasteiger partial charge in [-0.3, -0.25) is 9.59 Å². The van der Waals surface area contributed by atoms with Crippen LogP contribution in [0.15, 0.2) is 11.1 Å². The highest BCUT2D eigenvalue weighted by Gasteiger charge is 2.52. The average Bonchev–Trinajstić information content (AvgIpc) is 2.33. The van der Waals surface area contributed by atoms with Crippen LogP contribution in [0.25, 0.3) is 0 Å². The van der Waals surface area contributed by atoms with Gasteiger partial charge in [-0.1, -0.05) is 0 Å². The Morgan fingerprint density at radius 2 is 2.14 bits per heavy atom. The van der Waals surface area contributed by atoms with Crippen LogP contribution >= 0.6 is 0 Å². The van der Waals surface area contributed by atoms with E-state index in [1.54, 1.807) is 13.8 Å². The van der Waals surface area contributed by atoms with Crippen LogP contribution in [0.4, 0.5) is 0 Å². The Morgan fingerprint density at radius 3 is 2.79 bits per heavy atom. The van der Waals surface area contributed by atoms with Crippen molar-refractivity contribution in [2.75, 3.05) is 0 Å². The SMILES string of the molecule is CC1=C2C(O)OC(=O)[C@@]2(C)CCC1=O. The number of aliphatic hydroxyl groups is 1. The zero-order valence-electron chi connectivity index (χ0n) is 8.16. The zero-order chi connectivity index (χ0) is 10.5. The Hall–Kier alpha value is -1.16. The van der Waals surface area contributed by atoms with E-state index in [1.165, 1.54) is 0 Å². The molecule has 0 saturated carbocycles. The minimum absolute atomic E-state index is 0.00479. The molecule has 0 spiro atoms. The molecule has 0 amide bonds. The third-order valence-corrected chi connectivity index (χ3v) is 3.18. The first-order valence-corrected chi connectivity index (χ1v) is 4.60. The van der Waals surface area contributed by atoms with Gasteiger partial charge in [-0.15, -0.1) is 0 Å². The van der Waals surface area contributed by atoms with E-state index in [1.807, 2.05) is 0 Å². The lowest BCUT2D eigenvalue weighted by Crippen LogP contribution is -2.31. The van der Waals surface area contributed by atoms with Crippen molar-refractivity contribution in [3.8, 4) is 0 Å². The molecule has 4 nitrogen and oxygen atoms in total. The highest BCUT2D eigenvalue weighted by molar-refractivity contribution is 6.00. The largest absolute Gasteiger partial charge is 0.431 e. The van der Waals surface area contributed by atoms with Crippen LogP contribution in [0, 0.1) is 5.41 Å². The maximum atomic E-state index is 11.5. The van der Waals surface area contributed by atoms with Crippen molar-refractivity contribution in [2.24, 2.45) is 5.41 Å². The highest BCUT2D eigenvalue weighted by Crippen LogP contribution is 2.46. The number of rotatable bonds is 0. The molecule has 1 heterocycles. The number of cyclic esters (lactones) is 1. The summed E-state index contributed by atoms with van der Waals surface area (Å²) >= 11 is 0. The summed E-state index contributed by atoms with van der Waals surface area (Å²) in [4.78, 5) is 22.9. The van der Waals surface area contributed by atoms with Gasteiger partial charge in [0.2, 0.25) is 6.29 Å². The van der Waals surface area contributed by atoms with E-state index in [9.17, 15) is 14.7 Å². The number of Topliss-reactive ketones (excluding diaryl/α,β-unsaturated/α-hetero) is 1. The quantitative estimate of drug-likeness (QED) is 0.574. The lowest BCUT2D eigenvalue weighted by atomic mass is 9.72. The molecule has 1 N–H and O–H groups in total. The smallest absolute Gasteiger partial charge is 0.318 e. The maximum Gasteiger partial charge on any atom is 0.318 e. The van der Waals surface area contributed by atoms with Gasteiger partial charge in [0.15, 0.2) is 5.78 Å². The Balaban J connectivity index is 2.59. The third kappa shape index (κ3) is 0.973. The van der Waals surface area contributed by atoms with Crippen LogP contribution in [-0.2, 0) is 14.3 Å². The van der Waals surface area contributed by atoms with Crippen LogP contribution in [0.1, 0.15) is 26.7 Å². The predicted molar refractivity (Wildman–Crippen MR) is 47.1 cm³/mol. The van der Waals surface area contributed by atoms with E-state index in [0.29, 0.717) is 24.0 Å². The van der Waals surface area contributed by atoms with Crippen molar-refractivity contribution < 1.29 is 19.4 Å². The number of carbonyl (C=O) groups is 2. The van der Waals surface area contributed by atoms with E-state index in [4.69, 9.17) is 4.74 Å². The van der Waals surface area contributed by atoms with Gasteiger partial charge in [0, 0.05) is 12.0 Å². The summed E-state index contributed by atoms with van der Waals surface area (Å²) in [6, 6.07) is 0. The molecule has 2 rings (SSSR count). The molecule has 14 heavy (non-hydrogen) atoms. The molecule has 4 heteroatoms. The van der Waals surface area contributed by atoms with Crippen molar-refractivity contribution >= 4 is 11.8 Å². The van der Waals surface area contributed by atoms with Crippen LogP contribution in [-0.4, -0.2) is 23.1 Å². The lowest BCUT2D eigenvalue weighted by molar-refractivity contribution is -0.157. The standard InChI is InChI=1S/C10H12O4/c1-5-6(11)3-4-10(2)7(5)8(12)14-9(10)13/h8,12H,3-4H2,1-2H3/t8?,10-/m0/s1. The number of fused-ring (bicyclic) bond motifs is 1. The first-order chi connectivity index (χ1) is 6.47. The number of carbonyl (C=O) groups excluding carboxylic acids is 2. The molecule has 0 aromatic carbocycles. The lowest BCUT2D eigenvalue weighted by Gasteiger charge is -2.26. The molecular formula is C10H12O4. The first kappa shape index (κ1) is 9.40. The third-order valence-electron chi connectivity index (χ3n) is 3.18. The summed E-state index contributed by atoms with van der Waals surface area (Å²) in [7, 11) is 0. The topological polar surface area (TPSA) is 63.6 Å². The molecule has 0 radical (unpaired) electrons. The second kappa shape index (κ2) is 2.67. The molecule has 0 bridgehead atoms. The zero-order valence-corrected chi connectivity index (χ0v) is 8.16. The molecule has 1 fully saturated rings. The Labute approximate surface area is 81.6 Å². The summed E-state index contributed by atoms with van der Waals surface area (Å²) in [5.41, 5.74) is 0.160. The van der Waals surface area contributed by atoms with Crippen molar-refractivity contribution in [3.63, 3.8) is 0 Å². The normalized spacial score (nSPS) is 37.2. The summed E-state index contributed by atoms with van der Waals surface area (Å²) in [6.07, 6.45) is -0.432. The van der Waals surface area contributed by atoms with Crippen molar-refractivity contribution in [2.45, 2.75) is 33.0 Å². The number of ether oxygens (including phenoxy) is 1. The van der Waals surface area contributed by atoms with E-state index in [0.717, 1.165) is 0 Å². The number of esters is 1. The van der Waals surface area contributed by atoms with Crippen molar-refractivity contribution in [1.82, 2.24) is 0 Å². The van der Waals surface area contributed by atoms with Gasteiger partial charge in [0.25, 0.3) is 0 Å². The van der Waals surface area contributed by atoms with Gasteiger partial charge in [-0.2, -0.15) is 0 Å². The monoisotopic (exact) mass is 196 g/mol. The van der Waals surface area contributed by atoms with Gasteiger partial charge < -0.3 is 9.84 Å². The number of ketones is 1. The van der Waals surface area contributed by atoms with Gasteiger partial charge >= 0.3 is 5.97 Å². The van der Waals surface area contributed by atoms with E-state index in [-0.39, 0.29) is 5.78 Å². The molecule has 1 saturated heterocycles. The minimum atomic E-state index is -1.23. The number of allylic oxidation sites excluding steroid dienone is 1. The van der Waals surface area contributed by atoms with E-state index < -0.39 is 17.7 Å².